The smallest absolute Gasteiger partial charge is 0.203 e. The fraction of sp³-hybridized carbons (Fsp3) is 0.571. The third-order valence-corrected chi connectivity index (χ3v) is 3.04. The number of ether oxygens (including phenoxy) is 3. The first-order valence-electron chi connectivity index (χ1n) is 6.39. The topological polar surface area (TPSA) is 39.7 Å². The minimum absolute atomic E-state index is 0.615. The van der Waals surface area contributed by atoms with Gasteiger partial charge in [-0.15, -0.1) is 0 Å². The zero-order valence-corrected chi connectivity index (χ0v) is 11.1. The van der Waals surface area contributed by atoms with Gasteiger partial charge in [-0.25, -0.2) is 0 Å². The van der Waals surface area contributed by atoms with Crippen molar-refractivity contribution in [2.45, 2.75) is 12.8 Å². The lowest BCUT2D eigenvalue weighted by Gasteiger charge is -2.14. The number of methoxy groups -OCH3 is 2. The van der Waals surface area contributed by atoms with Crippen molar-refractivity contribution in [2.75, 3.05) is 33.9 Å². The van der Waals surface area contributed by atoms with Gasteiger partial charge in [0.25, 0.3) is 0 Å². The maximum atomic E-state index is 5.74. The molecule has 1 fully saturated rings. The first-order chi connectivity index (χ1) is 8.85. The van der Waals surface area contributed by atoms with Gasteiger partial charge in [-0.1, -0.05) is 6.07 Å². The van der Waals surface area contributed by atoms with Crippen LogP contribution in [0.2, 0.25) is 0 Å². The van der Waals surface area contributed by atoms with Crippen molar-refractivity contribution in [1.29, 1.82) is 0 Å². The van der Waals surface area contributed by atoms with Crippen LogP contribution < -0.4 is 19.5 Å². The van der Waals surface area contributed by atoms with Gasteiger partial charge in [-0.2, -0.15) is 0 Å². The summed E-state index contributed by atoms with van der Waals surface area (Å²) < 4.78 is 16.3. The van der Waals surface area contributed by atoms with Crippen LogP contribution >= 0.6 is 0 Å². The lowest BCUT2D eigenvalue weighted by atomic mass is 10.3. The Morgan fingerprint density at radius 2 is 1.83 bits per heavy atom. The summed E-state index contributed by atoms with van der Waals surface area (Å²) in [6.07, 6.45) is 2.74. The van der Waals surface area contributed by atoms with Gasteiger partial charge in [-0.3, -0.25) is 0 Å². The second-order valence-electron chi connectivity index (χ2n) is 4.49. The van der Waals surface area contributed by atoms with Crippen LogP contribution in [-0.4, -0.2) is 33.9 Å². The van der Waals surface area contributed by atoms with Crippen molar-refractivity contribution in [1.82, 2.24) is 5.32 Å². The number of para-hydroxylation sites is 1. The van der Waals surface area contributed by atoms with Crippen LogP contribution in [0.1, 0.15) is 12.8 Å². The summed E-state index contributed by atoms with van der Waals surface area (Å²) in [6.45, 7) is 2.56. The molecule has 0 aliphatic heterocycles. The summed E-state index contributed by atoms with van der Waals surface area (Å²) in [7, 11) is 3.26. The summed E-state index contributed by atoms with van der Waals surface area (Å²) in [5.41, 5.74) is 0. The molecule has 0 heterocycles. The molecule has 2 rings (SSSR count). The monoisotopic (exact) mass is 251 g/mol. The largest absolute Gasteiger partial charge is 0.493 e. The van der Waals surface area contributed by atoms with Crippen molar-refractivity contribution in [3.63, 3.8) is 0 Å². The Hall–Kier alpha value is -1.42. The van der Waals surface area contributed by atoms with Crippen LogP contribution in [0.3, 0.4) is 0 Å². The maximum Gasteiger partial charge on any atom is 0.203 e. The van der Waals surface area contributed by atoms with E-state index in [-0.39, 0.29) is 0 Å². The van der Waals surface area contributed by atoms with Gasteiger partial charge in [0, 0.05) is 6.54 Å². The lowest BCUT2D eigenvalue weighted by Crippen LogP contribution is -2.23. The molecule has 0 unspecified atom stereocenters. The minimum Gasteiger partial charge on any atom is -0.493 e. The maximum absolute atomic E-state index is 5.74. The van der Waals surface area contributed by atoms with Crippen molar-refractivity contribution in [3.8, 4) is 17.2 Å². The van der Waals surface area contributed by atoms with Crippen LogP contribution in [0, 0.1) is 5.92 Å². The number of rotatable bonds is 8. The highest BCUT2D eigenvalue weighted by Crippen LogP contribution is 2.36. The van der Waals surface area contributed by atoms with Crippen molar-refractivity contribution in [3.05, 3.63) is 18.2 Å². The van der Waals surface area contributed by atoms with Crippen LogP contribution in [0.4, 0.5) is 0 Å². The second-order valence-corrected chi connectivity index (χ2v) is 4.49. The summed E-state index contributed by atoms with van der Waals surface area (Å²) in [4.78, 5) is 0. The Balaban J connectivity index is 1.82. The van der Waals surface area contributed by atoms with Crippen LogP contribution in [0.5, 0.6) is 17.2 Å². The molecule has 1 N–H and O–H groups in total. The molecule has 100 valence electrons. The summed E-state index contributed by atoms with van der Waals surface area (Å²) in [5, 5.41) is 3.39. The van der Waals surface area contributed by atoms with Crippen molar-refractivity contribution >= 4 is 0 Å². The molecule has 1 aliphatic carbocycles. The molecule has 0 amide bonds. The Morgan fingerprint density at radius 1 is 1.17 bits per heavy atom. The van der Waals surface area contributed by atoms with E-state index in [1.54, 1.807) is 14.2 Å². The van der Waals surface area contributed by atoms with Crippen LogP contribution in [0.25, 0.3) is 0 Å². The third-order valence-electron chi connectivity index (χ3n) is 3.04. The van der Waals surface area contributed by atoms with E-state index in [0.29, 0.717) is 23.9 Å². The predicted octanol–water partition coefficient (Wildman–Crippen LogP) is 2.08. The number of nitrogens with one attached hydrogen (secondary N) is 1. The van der Waals surface area contributed by atoms with E-state index in [1.807, 2.05) is 18.2 Å². The second kappa shape index (κ2) is 6.50. The SMILES string of the molecule is COc1cccc(OC)c1OCCNCC1CC1. The van der Waals surface area contributed by atoms with E-state index < -0.39 is 0 Å². The molecular formula is C14H21NO3. The average molecular weight is 251 g/mol. The van der Waals surface area contributed by atoms with Gasteiger partial charge in [-0.05, 0) is 37.4 Å². The normalized spacial score (nSPS) is 14.3. The fourth-order valence-electron chi connectivity index (χ4n) is 1.81. The lowest BCUT2D eigenvalue weighted by molar-refractivity contribution is 0.273. The van der Waals surface area contributed by atoms with Gasteiger partial charge in [0.2, 0.25) is 5.75 Å². The van der Waals surface area contributed by atoms with Crippen LogP contribution in [0.15, 0.2) is 18.2 Å². The number of benzene rings is 1. The molecule has 0 atom stereocenters. The highest BCUT2D eigenvalue weighted by atomic mass is 16.5. The van der Waals surface area contributed by atoms with Crippen molar-refractivity contribution in [2.24, 2.45) is 5.92 Å². The highest BCUT2D eigenvalue weighted by molar-refractivity contribution is 5.51. The van der Waals surface area contributed by atoms with E-state index in [0.717, 1.165) is 19.0 Å². The molecule has 0 spiro atoms. The van der Waals surface area contributed by atoms with Gasteiger partial charge in [0.1, 0.15) is 6.61 Å². The average Bonchev–Trinajstić information content (AvgIpc) is 3.22. The molecule has 4 heteroatoms. The Morgan fingerprint density at radius 3 is 2.39 bits per heavy atom. The molecule has 1 aromatic carbocycles. The zero-order chi connectivity index (χ0) is 12.8. The summed E-state index contributed by atoms with van der Waals surface area (Å²) in [6, 6.07) is 5.63. The number of hydrogen-bond acceptors (Lipinski definition) is 4. The molecule has 0 radical (unpaired) electrons. The van der Waals surface area contributed by atoms with Gasteiger partial charge in [0.05, 0.1) is 14.2 Å². The molecule has 18 heavy (non-hydrogen) atoms. The molecule has 1 saturated carbocycles. The quantitative estimate of drug-likeness (QED) is 0.718. The molecule has 1 aromatic rings. The first-order valence-corrected chi connectivity index (χ1v) is 6.39. The number of hydrogen-bond donors (Lipinski definition) is 1. The molecule has 0 aromatic heterocycles. The Labute approximate surface area is 108 Å². The van der Waals surface area contributed by atoms with Gasteiger partial charge < -0.3 is 19.5 Å². The molecule has 0 bridgehead atoms. The van der Waals surface area contributed by atoms with E-state index in [1.165, 1.54) is 12.8 Å². The highest BCUT2D eigenvalue weighted by Gasteiger charge is 2.20. The molecular weight excluding hydrogens is 230 g/mol. The first kappa shape index (κ1) is 13.0. The van der Waals surface area contributed by atoms with Gasteiger partial charge >= 0.3 is 0 Å². The Kier molecular flexibility index (Phi) is 4.70. The van der Waals surface area contributed by atoms with Crippen LogP contribution in [-0.2, 0) is 0 Å². The van der Waals surface area contributed by atoms with E-state index in [9.17, 15) is 0 Å². The standard InChI is InChI=1S/C14H21NO3/c1-16-12-4-3-5-13(17-2)14(12)18-9-8-15-10-11-6-7-11/h3-5,11,15H,6-10H2,1-2H3. The summed E-state index contributed by atoms with van der Waals surface area (Å²) in [5.74, 6) is 2.98. The minimum atomic E-state index is 0.615. The van der Waals surface area contributed by atoms with E-state index >= 15 is 0 Å². The third kappa shape index (κ3) is 3.53. The molecule has 4 nitrogen and oxygen atoms in total. The molecule has 1 aliphatic rings. The molecule has 0 saturated heterocycles. The van der Waals surface area contributed by atoms with E-state index in [4.69, 9.17) is 14.2 Å². The Bertz CT molecular complexity index is 355. The summed E-state index contributed by atoms with van der Waals surface area (Å²) >= 11 is 0. The van der Waals surface area contributed by atoms with Gasteiger partial charge in [0.15, 0.2) is 11.5 Å². The fourth-order valence-corrected chi connectivity index (χ4v) is 1.81. The zero-order valence-electron chi connectivity index (χ0n) is 11.1. The predicted molar refractivity (Wildman–Crippen MR) is 70.6 cm³/mol. The van der Waals surface area contributed by atoms with Crippen molar-refractivity contribution < 1.29 is 14.2 Å². The van der Waals surface area contributed by atoms with E-state index in [2.05, 4.69) is 5.32 Å².